The van der Waals surface area contributed by atoms with Crippen molar-refractivity contribution in [3.63, 3.8) is 0 Å². The van der Waals surface area contributed by atoms with Crippen LogP contribution in [-0.2, 0) is 16.1 Å². The molecule has 2 rings (SSSR count). The molecule has 1 aliphatic heterocycles. The summed E-state index contributed by atoms with van der Waals surface area (Å²) in [5, 5.41) is 0. The monoisotopic (exact) mass is 293 g/mol. The zero-order chi connectivity index (χ0) is 15.7. The fourth-order valence-corrected chi connectivity index (χ4v) is 2.27. The molecular formula is C14H16FN3O3. The molecule has 6 nitrogen and oxygen atoms in total. The number of hydrazine groups is 1. The van der Waals surface area contributed by atoms with Gasteiger partial charge in [-0.25, -0.2) is 10.2 Å². The summed E-state index contributed by atoms with van der Waals surface area (Å²) < 4.78 is 13.8. The Morgan fingerprint density at radius 2 is 1.86 bits per heavy atom. The van der Waals surface area contributed by atoms with Crippen molar-refractivity contribution >= 4 is 17.7 Å². The number of nitrogen functional groups attached to an aromatic ring is 1. The summed E-state index contributed by atoms with van der Waals surface area (Å²) in [5.74, 6) is 2.36. The van der Waals surface area contributed by atoms with Gasteiger partial charge < -0.3 is 0 Å². The van der Waals surface area contributed by atoms with E-state index in [4.69, 9.17) is 5.84 Å². The predicted octanol–water partition coefficient (Wildman–Crippen LogP) is 0.570. The summed E-state index contributed by atoms with van der Waals surface area (Å²) in [4.78, 5) is 36.5. The first-order valence-corrected chi connectivity index (χ1v) is 6.51. The molecule has 3 amide bonds. The molecule has 1 aliphatic rings. The number of nitrogens with two attached hydrogens (primary N) is 1. The van der Waals surface area contributed by atoms with Gasteiger partial charge in [0.1, 0.15) is 5.82 Å². The molecule has 1 aromatic rings. The van der Waals surface area contributed by atoms with E-state index in [-0.39, 0.29) is 29.5 Å². The molecule has 0 aliphatic carbocycles. The van der Waals surface area contributed by atoms with E-state index in [1.54, 1.807) is 13.8 Å². The van der Waals surface area contributed by atoms with Gasteiger partial charge in [-0.2, -0.15) is 0 Å². The number of imide groups is 1. The fourth-order valence-electron chi connectivity index (χ4n) is 2.27. The Morgan fingerprint density at radius 1 is 1.29 bits per heavy atom. The van der Waals surface area contributed by atoms with Crippen LogP contribution in [0.25, 0.3) is 0 Å². The van der Waals surface area contributed by atoms with Crippen LogP contribution in [0.4, 0.5) is 4.39 Å². The number of hydrogen-bond acceptors (Lipinski definition) is 4. The van der Waals surface area contributed by atoms with Gasteiger partial charge in [0.2, 0.25) is 11.8 Å². The number of rotatable bonds is 3. The predicted molar refractivity (Wildman–Crippen MR) is 71.9 cm³/mol. The van der Waals surface area contributed by atoms with Crippen molar-refractivity contribution in [2.75, 3.05) is 0 Å². The minimum atomic E-state index is -0.587. The van der Waals surface area contributed by atoms with E-state index in [2.05, 4.69) is 0 Å². The third-order valence-electron chi connectivity index (χ3n) is 3.83. The van der Waals surface area contributed by atoms with Crippen LogP contribution in [0.15, 0.2) is 18.2 Å². The van der Waals surface area contributed by atoms with Gasteiger partial charge in [0.25, 0.3) is 5.91 Å². The van der Waals surface area contributed by atoms with Gasteiger partial charge in [-0.05, 0) is 18.2 Å². The van der Waals surface area contributed by atoms with Gasteiger partial charge in [0.05, 0.1) is 6.54 Å². The molecule has 2 atom stereocenters. The van der Waals surface area contributed by atoms with Crippen LogP contribution < -0.4 is 11.3 Å². The van der Waals surface area contributed by atoms with Gasteiger partial charge in [-0.3, -0.25) is 24.7 Å². The largest absolute Gasteiger partial charge is 0.290 e. The lowest BCUT2D eigenvalue weighted by atomic mass is 10.00. The van der Waals surface area contributed by atoms with E-state index < -0.39 is 23.6 Å². The first kappa shape index (κ1) is 15.1. The molecule has 1 saturated heterocycles. The van der Waals surface area contributed by atoms with E-state index in [0.717, 1.165) is 11.0 Å². The topological polar surface area (TPSA) is 92.5 Å². The van der Waals surface area contributed by atoms with Gasteiger partial charge >= 0.3 is 0 Å². The first-order chi connectivity index (χ1) is 9.86. The van der Waals surface area contributed by atoms with Crippen LogP contribution in [0.3, 0.4) is 0 Å². The van der Waals surface area contributed by atoms with E-state index in [1.807, 2.05) is 5.43 Å². The normalized spacial score (nSPS) is 21.8. The highest BCUT2D eigenvalue weighted by molar-refractivity contribution is 6.04. The van der Waals surface area contributed by atoms with Crippen molar-refractivity contribution in [3.05, 3.63) is 35.1 Å². The summed E-state index contributed by atoms with van der Waals surface area (Å²) in [6, 6.07) is 3.67. The number of likely N-dealkylation sites (tertiary alicyclic amines) is 1. The Labute approximate surface area is 121 Å². The van der Waals surface area contributed by atoms with Crippen LogP contribution >= 0.6 is 0 Å². The third-order valence-corrected chi connectivity index (χ3v) is 3.83. The number of carbonyl (C=O) groups is 3. The van der Waals surface area contributed by atoms with Crippen LogP contribution in [0.2, 0.25) is 0 Å². The molecule has 0 saturated carbocycles. The van der Waals surface area contributed by atoms with Crippen molar-refractivity contribution in [1.29, 1.82) is 0 Å². The van der Waals surface area contributed by atoms with Crippen molar-refractivity contribution in [2.45, 2.75) is 20.4 Å². The van der Waals surface area contributed by atoms with Gasteiger partial charge in [-0.15, -0.1) is 0 Å². The Morgan fingerprint density at radius 3 is 2.38 bits per heavy atom. The van der Waals surface area contributed by atoms with Crippen LogP contribution in [0.1, 0.15) is 29.8 Å². The number of nitrogens with one attached hydrogen (secondary N) is 1. The molecule has 0 spiro atoms. The molecule has 0 aromatic heterocycles. The van der Waals surface area contributed by atoms with Crippen molar-refractivity contribution in [1.82, 2.24) is 10.3 Å². The highest BCUT2D eigenvalue weighted by atomic mass is 19.1. The van der Waals surface area contributed by atoms with Gasteiger partial charge in [0.15, 0.2) is 0 Å². The lowest BCUT2D eigenvalue weighted by Crippen LogP contribution is -2.32. The summed E-state index contributed by atoms with van der Waals surface area (Å²) in [7, 11) is 0. The van der Waals surface area contributed by atoms with Gasteiger partial charge in [0, 0.05) is 23.0 Å². The summed E-state index contributed by atoms with van der Waals surface area (Å²) in [6.07, 6.45) is 0. The summed E-state index contributed by atoms with van der Waals surface area (Å²) >= 11 is 0. The molecule has 1 aromatic carbocycles. The van der Waals surface area contributed by atoms with Crippen molar-refractivity contribution < 1.29 is 18.8 Å². The van der Waals surface area contributed by atoms with Crippen LogP contribution in [-0.4, -0.2) is 22.6 Å². The van der Waals surface area contributed by atoms with E-state index in [0.29, 0.717) is 0 Å². The maximum absolute atomic E-state index is 13.8. The Kier molecular flexibility index (Phi) is 4.04. The second kappa shape index (κ2) is 5.61. The zero-order valence-corrected chi connectivity index (χ0v) is 11.7. The minimum Gasteiger partial charge on any atom is -0.290 e. The Balaban J connectivity index is 2.29. The van der Waals surface area contributed by atoms with E-state index in [9.17, 15) is 18.8 Å². The number of benzene rings is 1. The second-order valence-electron chi connectivity index (χ2n) is 5.12. The quantitative estimate of drug-likeness (QED) is 0.369. The van der Waals surface area contributed by atoms with Gasteiger partial charge in [-0.1, -0.05) is 13.8 Å². The SMILES string of the molecule is CC1C(=O)N(Cc2cc(C(=O)NN)ccc2F)C(=O)C1C. The average molecular weight is 293 g/mol. The van der Waals surface area contributed by atoms with Crippen LogP contribution in [0, 0.1) is 17.7 Å². The molecule has 112 valence electrons. The highest BCUT2D eigenvalue weighted by Gasteiger charge is 2.42. The molecule has 7 heteroatoms. The van der Waals surface area contributed by atoms with E-state index in [1.165, 1.54) is 12.1 Å². The second-order valence-corrected chi connectivity index (χ2v) is 5.12. The van der Waals surface area contributed by atoms with Crippen molar-refractivity contribution in [2.24, 2.45) is 17.7 Å². The van der Waals surface area contributed by atoms with Crippen LogP contribution in [0.5, 0.6) is 0 Å². The third kappa shape index (κ3) is 2.64. The average Bonchev–Trinajstić information content (AvgIpc) is 2.66. The lowest BCUT2D eigenvalue weighted by Gasteiger charge is -2.15. The molecule has 21 heavy (non-hydrogen) atoms. The standard InChI is InChI=1S/C14H16FN3O3/c1-7-8(2)14(21)18(13(7)20)6-10-5-9(12(19)17-16)3-4-11(10)15/h3-5,7-8H,6,16H2,1-2H3,(H,17,19). The molecule has 1 heterocycles. The number of nitrogens with zero attached hydrogens (tertiary/aromatic N) is 1. The molecule has 0 radical (unpaired) electrons. The first-order valence-electron chi connectivity index (χ1n) is 6.51. The lowest BCUT2D eigenvalue weighted by molar-refractivity contribution is -0.140. The smallest absolute Gasteiger partial charge is 0.265 e. The maximum atomic E-state index is 13.8. The highest BCUT2D eigenvalue weighted by Crippen LogP contribution is 2.27. The molecule has 1 fully saturated rings. The Bertz CT molecular complexity index is 597. The number of carbonyl (C=O) groups excluding carboxylic acids is 3. The minimum absolute atomic E-state index is 0.0964. The number of hydrogen-bond donors (Lipinski definition) is 2. The maximum Gasteiger partial charge on any atom is 0.265 e. The van der Waals surface area contributed by atoms with Crippen molar-refractivity contribution in [3.8, 4) is 0 Å². The Hall–Kier alpha value is -2.28. The molecule has 0 bridgehead atoms. The van der Waals surface area contributed by atoms with E-state index >= 15 is 0 Å². The number of amides is 3. The summed E-state index contributed by atoms with van der Waals surface area (Å²) in [6.45, 7) is 3.14. The number of halogens is 1. The molecule has 3 N–H and O–H groups in total. The summed E-state index contributed by atoms with van der Waals surface area (Å²) in [5.41, 5.74) is 2.20. The fraction of sp³-hybridized carbons (Fsp3) is 0.357. The molecule has 2 unspecified atom stereocenters. The molecular weight excluding hydrogens is 277 g/mol. The zero-order valence-electron chi connectivity index (χ0n) is 11.7.